The second kappa shape index (κ2) is 5.75. The number of urea groups is 1. The van der Waals surface area contributed by atoms with Gasteiger partial charge in [-0.3, -0.25) is 4.98 Å². The number of aromatic nitrogens is 1. The van der Waals surface area contributed by atoms with Crippen molar-refractivity contribution in [2.45, 2.75) is 0 Å². The smallest absolute Gasteiger partial charge is 0.306 e. The van der Waals surface area contributed by atoms with E-state index >= 15 is 0 Å². The van der Waals surface area contributed by atoms with Gasteiger partial charge in [-0.05, 0) is 34.1 Å². The van der Waals surface area contributed by atoms with E-state index in [0.29, 0.717) is 16.2 Å². The maximum atomic E-state index is 13.3. The molecule has 4 nitrogen and oxygen atoms in total. The molecule has 0 atom stereocenters. The van der Waals surface area contributed by atoms with Crippen molar-refractivity contribution >= 4 is 33.3 Å². The Balaban J connectivity index is 2.08. The van der Waals surface area contributed by atoms with Crippen molar-refractivity contribution in [3.05, 3.63) is 52.8 Å². The summed E-state index contributed by atoms with van der Waals surface area (Å²) in [5, 5.41) is 4.78. The first-order valence-electron chi connectivity index (χ1n) is 5.19. The first-order chi connectivity index (χ1) is 9.06. The molecule has 0 fully saturated rings. The molecule has 0 saturated heterocycles. The van der Waals surface area contributed by atoms with Crippen LogP contribution >= 0.6 is 15.9 Å². The number of carbonyl (C=O) groups is 1. The Kier molecular flexibility index (Phi) is 4.06. The molecule has 19 heavy (non-hydrogen) atoms. The lowest BCUT2D eigenvalue weighted by molar-refractivity contribution is 0.262. The number of pyridine rings is 1. The molecule has 0 aliphatic heterocycles. The minimum Gasteiger partial charge on any atom is -0.306 e. The Morgan fingerprint density at radius 1 is 1.16 bits per heavy atom. The summed E-state index contributed by atoms with van der Waals surface area (Å²) in [6, 6.07) is 3.83. The van der Waals surface area contributed by atoms with E-state index in [1.165, 1.54) is 12.4 Å². The molecule has 0 bridgehead atoms. The zero-order chi connectivity index (χ0) is 13.8. The molecule has 0 aliphatic carbocycles. The van der Waals surface area contributed by atoms with E-state index in [1.807, 2.05) is 0 Å². The second-order valence-corrected chi connectivity index (χ2v) is 4.41. The van der Waals surface area contributed by atoms with Crippen molar-refractivity contribution in [1.82, 2.24) is 4.98 Å². The van der Waals surface area contributed by atoms with Crippen molar-refractivity contribution in [3.63, 3.8) is 0 Å². The minimum absolute atomic E-state index is 0.107. The van der Waals surface area contributed by atoms with Gasteiger partial charge in [0.15, 0.2) is 0 Å². The Morgan fingerprint density at radius 3 is 2.58 bits per heavy atom. The molecule has 0 unspecified atom stereocenters. The summed E-state index contributed by atoms with van der Waals surface area (Å²) in [5.41, 5.74) is 0.374. The van der Waals surface area contributed by atoms with Crippen LogP contribution in [-0.2, 0) is 0 Å². The third-order valence-electron chi connectivity index (χ3n) is 2.20. The maximum Gasteiger partial charge on any atom is 0.323 e. The highest BCUT2D eigenvalue weighted by Gasteiger charge is 2.09. The van der Waals surface area contributed by atoms with Crippen molar-refractivity contribution in [3.8, 4) is 0 Å². The highest BCUT2D eigenvalue weighted by atomic mass is 79.9. The summed E-state index contributed by atoms with van der Waals surface area (Å²) >= 11 is 3.21. The fraction of sp³-hybridized carbons (Fsp3) is 0. The van der Waals surface area contributed by atoms with Crippen LogP contribution in [-0.4, -0.2) is 11.0 Å². The summed E-state index contributed by atoms with van der Waals surface area (Å²) < 4.78 is 26.6. The third-order valence-corrected chi connectivity index (χ3v) is 2.83. The van der Waals surface area contributed by atoms with Crippen LogP contribution in [0.2, 0.25) is 0 Å². The fourth-order valence-corrected chi connectivity index (χ4v) is 1.69. The van der Waals surface area contributed by atoms with Gasteiger partial charge in [0.25, 0.3) is 0 Å². The molecule has 1 aromatic heterocycles. The number of halogens is 3. The molecule has 2 aromatic rings. The standard InChI is InChI=1S/C12H8BrF2N3O/c13-8-6-16-4-3-10(8)17-12(19)18-11-2-1-7(14)5-9(11)15/h1-6H,(H2,16,17,18,19). The van der Waals surface area contributed by atoms with Crippen LogP contribution < -0.4 is 10.6 Å². The lowest BCUT2D eigenvalue weighted by Gasteiger charge is -2.09. The van der Waals surface area contributed by atoms with E-state index in [-0.39, 0.29) is 5.69 Å². The summed E-state index contributed by atoms with van der Waals surface area (Å²) in [6.07, 6.45) is 3.01. The molecule has 2 N–H and O–H groups in total. The van der Waals surface area contributed by atoms with Crippen LogP contribution in [0.1, 0.15) is 0 Å². The van der Waals surface area contributed by atoms with Gasteiger partial charge in [-0.25, -0.2) is 13.6 Å². The van der Waals surface area contributed by atoms with Gasteiger partial charge in [0, 0.05) is 18.5 Å². The second-order valence-electron chi connectivity index (χ2n) is 3.56. The molecule has 0 spiro atoms. The topological polar surface area (TPSA) is 54.0 Å². The highest BCUT2D eigenvalue weighted by Crippen LogP contribution is 2.20. The summed E-state index contributed by atoms with van der Waals surface area (Å²) in [7, 11) is 0. The van der Waals surface area contributed by atoms with Gasteiger partial charge in [-0.2, -0.15) is 0 Å². The number of rotatable bonds is 2. The highest BCUT2D eigenvalue weighted by molar-refractivity contribution is 9.10. The SMILES string of the molecule is O=C(Nc1ccc(F)cc1F)Nc1ccncc1Br. The normalized spacial score (nSPS) is 10.1. The molecule has 98 valence electrons. The molecule has 2 amide bonds. The molecular weight excluding hydrogens is 320 g/mol. The molecular formula is C12H8BrF2N3O. The van der Waals surface area contributed by atoms with E-state index in [1.54, 1.807) is 6.07 Å². The van der Waals surface area contributed by atoms with Crippen LogP contribution in [0, 0.1) is 11.6 Å². The van der Waals surface area contributed by atoms with Crippen LogP contribution in [0.15, 0.2) is 41.1 Å². The number of hydrogen-bond acceptors (Lipinski definition) is 2. The number of amides is 2. The van der Waals surface area contributed by atoms with E-state index in [4.69, 9.17) is 0 Å². The van der Waals surface area contributed by atoms with Gasteiger partial charge in [-0.15, -0.1) is 0 Å². The quantitative estimate of drug-likeness (QED) is 0.882. The number of carbonyl (C=O) groups excluding carboxylic acids is 1. The van der Waals surface area contributed by atoms with Crippen molar-refractivity contribution in [1.29, 1.82) is 0 Å². The summed E-state index contributed by atoms with van der Waals surface area (Å²) in [4.78, 5) is 15.5. The zero-order valence-electron chi connectivity index (χ0n) is 9.45. The van der Waals surface area contributed by atoms with Gasteiger partial charge < -0.3 is 10.6 Å². The lowest BCUT2D eigenvalue weighted by Crippen LogP contribution is -2.20. The summed E-state index contributed by atoms with van der Waals surface area (Å²) in [5.74, 6) is -1.55. The van der Waals surface area contributed by atoms with Crippen molar-refractivity contribution < 1.29 is 13.6 Å². The van der Waals surface area contributed by atoms with Crippen molar-refractivity contribution in [2.75, 3.05) is 10.6 Å². The monoisotopic (exact) mass is 327 g/mol. The van der Waals surface area contributed by atoms with E-state index in [9.17, 15) is 13.6 Å². The van der Waals surface area contributed by atoms with Crippen LogP contribution in [0.5, 0.6) is 0 Å². The molecule has 7 heteroatoms. The molecule has 2 rings (SSSR count). The third kappa shape index (κ3) is 3.47. The van der Waals surface area contributed by atoms with E-state index in [0.717, 1.165) is 12.1 Å². The predicted molar refractivity (Wildman–Crippen MR) is 70.9 cm³/mol. The Hall–Kier alpha value is -2.02. The number of nitrogens with one attached hydrogen (secondary N) is 2. The number of benzene rings is 1. The molecule has 0 saturated carbocycles. The largest absolute Gasteiger partial charge is 0.323 e. The number of hydrogen-bond donors (Lipinski definition) is 2. The minimum atomic E-state index is -0.844. The Morgan fingerprint density at radius 2 is 1.89 bits per heavy atom. The molecule has 1 heterocycles. The van der Waals surface area contributed by atoms with Gasteiger partial charge in [0.2, 0.25) is 0 Å². The molecule has 0 aliphatic rings. The van der Waals surface area contributed by atoms with Gasteiger partial charge >= 0.3 is 6.03 Å². The Labute approximate surface area is 116 Å². The van der Waals surface area contributed by atoms with Gasteiger partial charge in [0.1, 0.15) is 11.6 Å². The molecule has 0 radical (unpaired) electrons. The number of anilines is 2. The zero-order valence-corrected chi connectivity index (χ0v) is 11.0. The number of nitrogens with zero attached hydrogens (tertiary/aromatic N) is 1. The van der Waals surface area contributed by atoms with E-state index < -0.39 is 17.7 Å². The molecule has 1 aromatic carbocycles. The average Bonchev–Trinajstić information content (AvgIpc) is 2.36. The van der Waals surface area contributed by atoms with Crippen LogP contribution in [0.25, 0.3) is 0 Å². The average molecular weight is 328 g/mol. The van der Waals surface area contributed by atoms with Crippen LogP contribution in [0.3, 0.4) is 0 Å². The van der Waals surface area contributed by atoms with Gasteiger partial charge in [-0.1, -0.05) is 0 Å². The summed E-state index contributed by atoms with van der Waals surface area (Å²) in [6.45, 7) is 0. The Bertz CT molecular complexity index is 622. The lowest BCUT2D eigenvalue weighted by atomic mass is 10.3. The van der Waals surface area contributed by atoms with Crippen LogP contribution in [0.4, 0.5) is 25.0 Å². The van der Waals surface area contributed by atoms with Crippen molar-refractivity contribution in [2.24, 2.45) is 0 Å². The first kappa shape index (κ1) is 13.4. The van der Waals surface area contributed by atoms with Gasteiger partial charge in [0.05, 0.1) is 15.8 Å². The maximum absolute atomic E-state index is 13.3. The predicted octanol–water partition coefficient (Wildman–Crippen LogP) is 3.77. The fourth-order valence-electron chi connectivity index (χ4n) is 1.34. The first-order valence-corrected chi connectivity index (χ1v) is 5.98. The van der Waals surface area contributed by atoms with E-state index in [2.05, 4.69) is 31.5 Å².